The van der Waals surface area contributed by atoms with Crippen LogP contribution in [0.4, 0.5) is 0 Å². The number of carboxylic acids is 1. The van der Waals surface area contributed by atoms with Gasteiger partial charge in [-0.2, -0.15) is 0 Å². The maximum Gasteiger partial charge on any atom is 0.303 e. The van der Waals surface area contributed by atoms with E-state index in [1.165, 1.54) is 0 Å². The van der Waals surface area contributed by atoms with E-state index < -0.39 is 5.97 Å². The Bertz CT molecular complexity index is 231. The molecule has 0 aliphatic heterocycles. The minimum atomic E-state index is -0.820. The van der Waals surface area contributed by atoms with Gasteiger partial charge in [-0.1, -0.05) is 6.92 Å². The fraction of sp³-hybridized carbons (Fsp3) is 0.833. The lowest BCUT2D eigenvalue weighted by molar-refractivity contribution is -0.137. The Labute approximate surface area is 102 Å². The highest BCUT2D eigenvalue weighted by molar-refractivity contribution is 5.75. The van der Waals surface area contributed by atoms with Gasteiger partial charge in [-0.3, -0.25) is 9.59 Å². The maximum atomic E-state index is 11.3. The zero-order valence-electron chi connectivity index (χ0n) is 10.4. The molecular weight excluding hydrogens is 222 g/mol. The van der Waals surface area contributed by atoms with Crippen molar-refractivity contribution in [2.45, 2.75) is 58.0 Å². The van der Waals surface area contributed by atoms with Crippen LogP contribution in [0.1, 0.15) is 51.9 Å². The van der Waals surface area contributed by atoms with E-state index in [1.54, 1.807) is 0 Å². The first-order chi connectivity index (χ1) is 8.06. The van der Waals surface area contributed by atoms with Crippen LogP contribution in [0, 0.1) is 0 Å². The van der Waals surface area contributed by atoms with E-state index in [9.17, 15) is 14.7 Å². The average molecular weight is 245 g/mol. The number of carbonyl (C=O) groups is 2. The molecule has 0 aliphatic rings. The Hall–Kier alpha value is -1.10. The van der Waals surface area contributed by atoms with Gasteiger partial charge in [-0.05, 0) is 32.1 Å². The minimum Gasteiger partial charge on any atom is -0.481 e. The van der Waals surface area contributed by atoms with E-state index in [1.807, 2.05) is 6.92 Å². The van der Waals surface area contributed by atoms with Gasteiger partial charge < -0.3 is 15.5 Å². The first kappa shape index (κ1) is 15.9. The first-order valence-electron chi connectivity index (χ1n) is 6.22. The molecule has 0 aromatic rings. The van der Waals surface area contributed by atoms with Crippen molar-refractivity contribution < 1.29 is 19.8 Å². The van der Waals surface area contributed by atoms with Crippen molar-refractivity contribution in [1.29, 1.82) is 0 Å². The topological polar surface area (TPSA) is 86.6 Å². The molecule has 0 bridgehead atoms. The predicted octanol–water partition coefficient (Wildman–Crippen LogP) is 1.30. The molecule has 0 aromatic carbocycles. The summed E-state index contributed by atoms with van der Waals surface area (Å²) in [6.45, 7) is 2.50. The van der Waals surface area contributed by atoms with Crippen LogP contribution in [-0.4, -0.2) is 34.7 Å². The van der Waals surface area contributed by atoms with Gasteiger partial charge in [-0.25, -0.2) is 0 Å². The number of amides is 1. The summed E-state index contributed by atoms with van der Waals surface area (Å²) in [6.07, 6.45) is 3.59. The third kappa shape index (κ3) is 11.2. The van der Waals surface area contributed by atoms with Crippen LogP contribution in [0.25, 0.3) is 0 Å². The third-order valence-electron chi connectivity index (χ3n) is 2.55. The molecule has 1 atom stereocenters. The number of carboxylic acid groups (broad SMARTS) is 1. The van der Waals surface area contributed by atoms with Crippen LogP contribution >= 0.6 is 0 Å². The molecule has 1 amide bonds. The second kappa shape index (κ2) is 10.1. The molecule has 3 N–H and O–H groups in total. The van der Waals surface area contributed by atoms with Gasteiger partial charge in [0.05, 0.1) is 6.10 Å². The van der Waals surface area contributed by atoms with Gasteiger partial charge in [0.1, 0.15) is 0 Å². The Morgan fingerprint density at radius 2 is 1.82 bits per heavy atom. The number of aliphatic hydroxyl groups excluding tert-OH is 1. The number of nitrogens with one attached hydrogen (secondary N) is 1. The van der Waals surface area contributed by atoms with Crippen LogP contribution in [0.3, 0.4) is 0 Å². The monoisotopic (exact) mass is 245 g/mol. The smallest absolute Gasteiger partial charge is 0.303 e. The molecule has 0 rings (SSSR count). The van der Waals surface area contributed by atoms with E-state index in [2.05, 4.69) is 5.32 Å². The summed E-state index contributed by atoms with van der Waals surface area (Å²) in [5.74, 6) is -0.861. The number of carbonyl (C=O) groups excluding carboxylic acids is 1. The largest absolute Gasteiger partial charge is 0.481 e. The standard InChI is InChI=1S/C12H23NO4/c1-2-10(14)6-5-9-13-11(15)7-3-4-8-12(16)17/h10,14H,2-9H2,1H3,(H,13,15)(H,16,17). The van der Waals surface area contributed by atoms with E-state index in [-0.39, 0.29) is 18.4 Å². The summed E-state index contributed by atoms with van der Waals surface area (Å²) in [5, 5.41) is 20.4. The molecule has 0 aromatic heterocycles. The van der Waals surface area contributed by atoms with Crippen LogP contribution in [-0.2, 0) is 9.59 Å². The summed E-state index contributed by atoms with van der Waals surface area (Å²) < 4.78 is 0. The van der Waals surface area contributed by atoms with E-state index in [0.29, 0.717) is 32.2 Å². The molecule has 0 saturated carbocycles. The van der Waals surface area contributed by atoms with Crippen molar-refractivity contribution in [3.8, 4) is 0 Å². The summed E-state index contributed by atoms with van der Waals surface area (Å²) in [7, 11) is 0. The number of hydrogen-bond acceptors (Lipinski definition) is 3. The summed E-state index contributed by atoms with van der Waals surface area (Å²) in [6, 6.07) is 0. The molecule has 0 fully saturated rings. The van der Waals surface area contributed by atoms with Crippen molar-refractivity contribution in [2.75, 3.05) is 6.54 Å². The molecular formula is C12H23NO4. The van der Waals surface area contributed by atoms with E-state index >= 15 is 0 Å². The highest BCUT2D eigenvalue weighted by Crippen LogP contribution is 2.01. The summed E-state index contributed by atoms with van der Waals surface area (Å²) in [4.78, 5) is 21.5. The summed E-state index contributed by atoms with van der Waals surface area (Å²) >= 11 is 0. The first-order valence-corrected chi connectivity index (χ1v) is 6.22. The lowest BCUT2D eigenvalue weighted by atomic mass is 10.1. The van der Waals surface area contributed by atoms with Crippen molar-refractivity contribution in [3.05, 3.63) is 0 Å². The number of rotatable bonds is 10. The molecule has 5 nitrogen and oxygen atoms in total. The van der Waals surface area contributed by atoms with Gasteiger partial charge in [-0.15, -0.1) is 0 Å². The molecule has 17 heavy (non-hydrogen) atoms. The predicted molar refractivity (Wildman–Crippen MR) is 64.6 cm³/mol. The molecule has 0 saturated heterocycles. The lowest BCUT2D eigenvalue weighted by Gasteiger charge is -2.08. The van der Waals surface area contributed by atoms with Crippen LogP contribution in [0.2, 0.25) is 0 Å². The quantitative estimate of drug-likeness (QED) is 0.506. The molecule has 0 aliphatic carbocycles. The van der Waals surface area contributed by atoms with Crippen molar-refractivity contribution in [1.82, 2.24) is 5.32 Å². The molecule has 100 valence electrons. The van der Waals surface area contributed by atoms with E-state index in [0.717, 1.165) is 12.8 Å². The molecule has 0 radical (unpaired) electrons. The zero-order valence-corrected chi connectivity index (χ0v) is 10.4. The van der Waals surface area contributed by atoms with E-state index in [4.69, 9.17) is 5.11 Å². The SMILES string of the molecule is CCC(O)CCCNC(=O)CCCCC(=O)O. The Morgan fingerprint density at radius 1 is 1.18 bits per heavy atom. The van der Waals surface area contributed by atoms with Gasteiger partial charge in [0, 0.05) is 19.4 Å². The average Bonchev–Trinajstić information content (AvgIpc) is 2.29. The van der Waals surface area contributed by atoms with Crippen molar-refractivity contribution in [3.63, 3.8) is 0 Å². The van der Waals surface area contributed by atoms with Gasteiger partial charge >= 0.3 is 5.97 Å². The second-order valence-corrected chi connectivity index (χ2v) is 4.16. The van der Waals surface area contributed by atoms with Crippen molar-refractivity contribution >= 4 is 11.9 Å². The fourth-order valence-corrected chi connectivity index (χ4v) is 1.42. The zero-order chi connectivity index (χ0) is 13.1. The minimum absolute atomic E-state index is 0.0404. The Morgan fingerprint density at radius 3 is 2.41 bits per heavy atom. The fourth-order valence-electron chi connectivity index (χ4n) is 1.42. The van der Waals surface area contributed by atoms with Crippen LogP contribution < -0.4 is 5.32 Å². The van der Waals surface area contributed by atoms with Gasteiger partial charge in [0.15, 0.2) is 0 Å². The Kier molecular flexibility index (Phi) is 9.43. The number of aliphatic carboxylic acids is 1. The number of aliphatic hydroxyl groups is 1. The maximum absolute atomic E-state index is 11.3. The normalized spacial score (nSPS) is 12.1. The highest BCUT2D eigenvalue weighted by Gasteiger charge is 2.03. The van der Waals surface area contributed by atoms with Crippen LogP contribution in [0.15, 0.2) is 0 Å². The molecule has 5 heteroatoms. The number of unbranched alkanes of at least 4 members (excludes halogenated alkanes) is 1. The lowest BCUT2D eigenvalue weighted by Crippen LogP contribution is -2.24. The summed E-state index contributed by atoms with van der Waals surface area (Å²) in [5.41, 5.74) is 0. The molecule has 1 unspecified atom stereocenters. The van der Waals surface area contributed by atoms with Crippen molar-refractivity contribution in [2.24, 2.45) is 0 Å². The van der Waals surface area contributed by atoms with Gasteiger partial charge in [0.2, 0.25) is 5.91 Å². The Balaban J connectivity index is 3.32. The second-order valence-electron chi connectivity index (χ2n) is 4.16. The van der Waals surface area contributed by atoms with Crippen LogP contribution in [0.5, 0.6) is 0 Å². The van der Waals surface area contributed by atoms with Gasteiger partial charge in [0.25, 0.3) is 0 Å². The third-order valence-corrected chi connectivity index (χ3v) is 2.55. The molecule has 0 spiro atoms. The molecule has 0 heterocycles. The highest BCUT2D eigenvalue weighted by atomic mass is 16.4. The number of hydrogen-bond donors (Lipinski definition) is 3.